The molecule has 21 heavy (non-hydrogen) atoms. The zero-order chi connectivity index (χ0) is 15.2. The van der Waals surface area contributed by atoms with Gasteiger partial charge >= 0.3 is 0 Å². The number of nitrogens with two attached hydrogens (primary N) is 1. The maximum absolute atomic E-state index is 12.2. The van der Waals surface area contributed by atoms with E-state index in [1.165, 1.54) is 0 Å². The minimum atomic E-state index is -0.320. The van der Waals surface area contributed by atoms with Crippen molar-refractivity contribution in [2.24, 2.45) is 11.8 Å². The van der Waals surface area contributed by atoms with Crippen LogP contribution in [-0.4, -0.2) is 23.3 Å². The maximum Gasteiger partial charge on any atom is 0.265 e. The number of benzene rings is 1. The van der Waals surface area contributed by atoms with Gasteiger partial charge < -0.3 is 4.90 Å². The monoisotopic (exact) mass is 289 g/mol. The van der Waals surface area contributed by atoms with E-state index in [1.54, 1.807) is 12.1 Å². The molecule has 0 radical (unpaired) electrons. The first kappa shape index (κ1) is 15.5. The van der Waals surface area contributed by atoms with Gasteiger partial charge in [0.15, 0.2) is 0 Å². The Kier molecular flexibility index (Phi) is 5.33. The normalized spacial score (nSPS) is 19.2. The number of carbonyl (C=O) groups excluding carboxylic acids is 2. The number of hydrogen-bond donors (Lipinski definition) is 2. The number of hydrogen-bond acceptors (Lipinski definition) is 3. The Bertz CT molecular complexity index is 516. The molecule has 1 unspecified atom stereocenters. The fourth-order valence-corrected chi connectivity index (χ4v) is 2.83. The molecule has 1 aromatic rings. The van der Waals surface area contributed by atoms with Crippen LogP contribution < -0.4 is 11.3 Å². The Morgan fingerprint density at radius 1 is 1.38 bits per heavy atom. The highest BCUT2D eigenvalue weighted by molar-refractivity contribution is 5.95. The SMILES string of the molecule is CCC1CCC(=O)N(Cc2ccccc2C(=O)NN)CC1. The zero-order valence-electron chi connectivity index (χ0n) is 12.5. The third-order valence-corrected chi connectivity index (χ3v) is 4.26. The quantitative estimate of drug-likeness (QED) is 0.504. The third-order valence-electron chi connectivity index (χ3n) is 4.26. The number of nitrogens with one attached hydrogen (secondary N) is 1. The molecule has 3 N–H and O–H groups in total. The molecule has 0 saturated carbocycles. The molecule has 5 heteroatoms. The van der Waals surface area contributed by atoms with E-state index in [4.69, 9.17) is 5.84 Å². The average Bonchev–Trinajstić information content (AvgIpc) is 2.69. The number of rotatable bonds is 4. The second-order valence-corrected chi connectivity index (χ2v) is 5.55. The minimum absolute atomic E-state index is 0.175. The van der Waals surface area contributed by atoms with Gasteiger partial charge in [0, 0.05) is 25.1 Å². The maximum atomic E-state index is 12.2. The van der Waals surface area contributed by atoms with Crippen LogP contribution in [0.25, 0.3) is 0 Å². The van der Waals surface area contributed by atoms with Gasteiger partial charge in [-0.3, -0.25) is 15.0 Å². The van der Waals surface area contributed by atoms with Gasteiger partial charge in [0.1, 0.15) is 0 Å². The second-order valence-electron chi connectivity index (χ2n) is 5.55. The van der Waals surface area contributed by atoms with E-state index in [0.29, 0.717) is 24.4 Å². The molecule has 0 aliphatic carbocycles. The summed E-state index contributed by atoms with van der Waals surface area (Å²) in [5.41, 5.74) is 3.52. The van der Waals surface area contributed by atoms with Gasteiger partial charge in [-0.25, -0.2) is 5.84 Å². The molecule has 1 saturated heterocycles. The first-order valence-corrected chi connectivity index (χ1v) is 7.52. The smallest absolute Gasteiger partial charge is 0.265 e. The molecule has 1 aliphatic heterocycles. The summed E-state index contributed by atoms with van der Waals surface area (Å²) in [5, 5.41) is 0. The molecule has 0 bridgehead atoms. The molecule has 1 heterocycles. The lowest BCUT2D eigenvalue weighted by Gasteiger charge is -2.22. The van der Waals surface area contributed by atoms with Crippen LogP contribution in [0, 0.1) is 5.92 Å². The highest BCUT2D eigenvalue weighted by Crippen LogP contribution is 2.23. The van der Waals surface area contributed by atoms with Crippen molar-refractivity contribution in [2.45, 2.75) is 39.2 Å². The minimum Gasteiger partial charge on any atom is -0.338 e. The average molecular weight is 289 g/mol. The number of nitrogens with zero attached hydrogens (tertiary/aromatic N) is 1. The predicted molar refractivity (Wildman–Crippen MR) is 81.1 cm³/mol. The second kappa shape index (κ2) is 7.22. The fourth-order valence-electron chi connectivity index (χ4n) is 2.83. The summed E-state index contributed by atoms with van der Waals surface area (Å²) in [6, 6.07) is 7.28. The van der Waals surface area contributed by atoms with Crippen LogP contribution in [-0.2, 0) is 11.3 Å². The van der Waals surface area contributed by atoms with Gasteiger partial charge in [-0.2, -0.15) is 0 Å². The molecule has 1 aromatic carbocycles. The molecule has 5 nitrogen and oxygen atoms in total. The summed E-state index contributed by atoms with van der Waals surface area (Å²) in [5.74, 6) is 5.70. The van der Waals surface area contributed by atoms with Crippen LogP contribution in [0.15, 0.2) is 24.3 Å². The summed E-state index contributed by atoms with van der Waals surface area (Å²) in [6.45, 7) is 3.40. The molecule has 1 aliphatic rings. The van der Waals surface area contributed by atoms with Crippen LogP contribution in [0.4, 0.5) is 0 Å². The van der Waals surface area contributed by atoms with Gasteiger partial charge in [-0.1, -0.05) is 31.5 Å². The lowest BCUT2D eigenvalue weighted by atomic mass is 9.98. The number of hydrazine groups is 1. The van der Waals surface area contributed by atoms with Crippen molar-refractivity contribution >= 4 is 11.8 Å². The Morgan fingerprint density at radius 3 is 2.86 bits per heavy atom. The molecular weight excluding hydrogens is 266 g/mol. The standard InChI is InChI=1S/C16H23N3O2/c1-2-12-7-8-15(20)19(10-9-12)11-13-5-3-4-6-14(13)16(21)18-17/h3-6,12H,2,7-11,17H2,1H3,(H,18,21). The van der Waals surface area contributed by atoms with Crippen LogP contribution in [0.5, 0.6) is 0 Å². The topological polar surface area (TPSA) is 75.4 Å². The summed E-state index contributed by atoms with van der Waals surface area (Å²) in [6.07, 6.45) is 3.72. The largest absolute Gasteiger partial charge is 0.338 e. The van der Waals surface area contributed by atoms with Crippen LogP contribution in [0.1, 0.15) is 48.5 Å². The molecule has 2 rings (SSSR count). The first-order chi connectivity index (χ1) is 10.2. The highest BCUT2D eigenvalue weighted by atomic mass is 16.2. The Morgan fingerprint density at radius 2 is 2.14 bits per heavy atom. The number of likely N-dealkylation sites (tertiary alicyclic amines) is 1. The van der Waals surface area contributed by atoms with Crippen LogP contribution in [0.2, 0.25) is 0 Å². The van der Waals surface area contributed by atoms with Crippen LogP contribution in [0.3, 0.4) is 0 Å². The molecule has 2 amide bonds. The van der Waals surface area contributed by atoms with Crippen molar-refractivity contribution in [3.8, 4) is 0 Å². The van der Waals surface area contributed by atoms with Crippen molar-refractivity contribution in [1.82, 2.24) is 10.3 Å². The zero-order valence-corrected chi connectivity index (χ0v) is 12.5. The molecule has 1 fully saturated rings. The van der Waals surface area contributed by atoms with E-state index in [0.717, 1.165) is 31.4 Å². The van der Waals surface area contributed by atoms with E-state index in [-0.39, 0.29) is 11.8 Å². The van der Waals surface area contributed by atoms with Crippen molar-refractivity contribution < 1.29 is 9.59 Å². The van der Waals surface area contributed by atoms with Gasteiger partial charge in [-0.05, 0) is 30.4 Å². The molecule has 0 spiro atoms. The van der Waals surface area contributed by atoms with E-state index in [9.17, 15) is 9.59 Å². The fraction of sp³-hybridized carbons (Fsp3) is 0.500. The molecular formula is C16H23N3O2. The highest BCUT2D eigenvalue weighted by Gasteiger charge is 2.22. The van der Waals surface area contributed by atoms with Gasteiger partial charge in [0.2, 0.25) is 5.91 Å². The lowest BCUT2D eigenvalue weighted by molar-refractivity contribution is -0.131. The first-order valence-electron chi connectivity index (χ1n) is 7.52. The Balaban J connectivity index is 2.14. The number of carbonyl (C=O) groups is 2. The summed E-state index contributed by atoms with van der Waals surface area (Å²) < 4.78 is 0. The Hall–Kier alpha value is -1.88. The number of nitrogen functional groups attached to an aromatic ring is 1. The van der Waals surface area contributed by atoms with Crippen molar-refractivity contribution in [1.29, 1.82) is 0 Å². The summed E-state index contributed by atoms with van der Waals surface area (Å²) in [7, 11) is 0. The third kappa shape index (κ3) is 3.82. The van der Waals surface area contributed by atoms with Crippen molar-refractivity contribution in [3.63, 3.8) is 0 Å². The molecule has 0 aromatic heterocycles. The van der Waals surface area contributed by atoms with E-state index >= 15 is 0 Å². The summed E-state index contributed by atoms with van der Waals surface area (Å²) in [4.78, 5) is 25.9. The van der Waals surface area contributed by atoms with Gasteiger partial charge in [0.25, 0.3) is 5.91 Å². The molecule has 114 valence electrons. The summed E-state index contributed by atoms with van der Waals surface area (Å²) >= 11 is 0. The predicted octanol–water partition coefficient (Wildman–Crippen LogP) is 1.83. The van der Waals surface area contributed by atoms with Gasteiger partial charge in [0.05, 0.1) is 0 Å². The number of amides is 2. The Labute approximate surface area is 125 Å². The van der Waals surface area contributed by atoms with Crippen molar-refractivity contribution in [3.05, 3.63) is 35.4 Å². The molecule has 1 atom stereocenters. The lowest BCUT2D eigenvalue weighted by Crippen LogP contribution is -2.33. The van der Waals surface area contributed by atoms with E-state index in [1.807, 2.05) is 17.0 Å². The van der Waals surface area contributed by atoms with Crippen LogP contribution >= 0.6 is 0 Å². The van der Waals surface area contributed by atoms with E-state index in [2.05, 4.69) is 12.3 Å². The van der Waals surface area contributed by atoms with Crippen molar-refractivity contribution in [2.75, 3.05) is 6.54 Å². The van der Waals surface area contributed by atoms with E-state index < -0.39 is 0 Å². The van der Waals surface area contributed by atoms with Gasteiger partial charge in [-0.15, -0.1) is 0 Å².